The zero-order chi connectivity index (χ0) is 25.8. The van der Waals surface area contributed by atoms with Crippen LogP contribution in [0, 0.1) is 18.2 Å². The number of nitrogen functional groups attached to an aromatic ring is 1. The van der Waals surface area contributed by atoms with Crippen molar-refractivity contribution in [3.05, 3.63) is 51.9 Å². The van der Waals surface area contributed by atoms with Gasteiger partial charge in [-0.3, -0.25) is 9.20 Å². The zero-order valence-corrected chi connectivity index (χ0v) is 23.2. The van der Waals surface area contributed by atoms with Gasteiger partial charge >= 0.3 is 0 Å². The molecule has 2 fully saturated rings. The Kier molecular flexibility index (Phi) is 7.65. The lowest BCUT2D eigenvalue weighted by atomic mass is 9.76. The average Bonchev–Trinajstić information content (AvgIpc) is 3.17. The summed E-state index contributed by atoms with van der Waals surface area (Å²) < 4.78 is 29.0. The number of anilines is 1. The first-order valence-electron chi connectivity index (χ1n) is 12.3. The van der Waals surface area contributed by atoms with E-state index < -0.39 is 11.7 Å². The Hall–Kier alpha value is -2.56. The molecule has 0 saturated carbocycles. The number of aryl methyl sites for hydroxylation is 1. The summed E-state index contributed by atoms with van der Waals surface area (Å²) in [4.78, 5) is 24.3. The lowest BCUT2D eigenvalue weighted by Gasteiger charge is -2.47. The second kappa shape index (κ2) is 10.3. The number of fused-ring (bicyclic) bond motifs is 1. The number of nitrogens with two attached hydrogens (primary N) is 1. The Morgan fingerprint density at radius 3 is 2.54 bits per heavy atom. The van der Waals surface area contributed by atoms with Crippen LogP contribution >= 0.6 is 25.1 Å². The Balaban J connectivity index is 0.00000320. The maximum Gasteiger partial charge on any atom is 0.260 e. The molecule has 1 amide bonds. The molecule has 2 N–H and O–H groups in total. The fraction of sp³-hybridized carbons (Fsp3) is 0.500. The summed E-state index contributed by atoms with van der Waals surface area (Å²) in [6.07, 6.45) is 4.76. The minimum absolute atomic E-state index is 0. The van der Waals surface area contributed by atoms with Crippen molar-refractivity contribution in [2.45, 2.75) is 52.6 Å². The number of hydrogen-bond donors (Lipinski definition) is 1. The molecule has 0 bridgehead atoms. The van der Waals surface area contributed by atoms with Crippen LogP contribution in [0.25, 0.3) is 5.52 Å². The molecule has 11 heteroatoms. The number of halogens is 2. The van der Waals surface area contributed by atoms with E-state index in [1.165, 1.54) is 6.07 Å². The number of ether oxygens (including phenoxy) is 2. The summed E-state index contributed by atoms with van der Waals surface area (Å²) in [6.45, 7) is 10.0. The number of hydrogen-bond acceptors (Lipinski definition) is 6. The third-order valence-corrected chi connectivity index (χ3v) is 7.61. The monoisotopic (exact) mass is 549 g/mol. The van der Waals surface area contributed by atoms with E-state index >= 15 is 4.39 Å². The minimum atomic E-state index is -0.766. The van der Waals surface area contributed by atoms with Crippen LogP contribution in [0.3, 0.4) is 0 Å². The van der Waals surface area contributed by atoms with Crippen molar-refractivity contribution in [1.82, 2.24) is 19.3 Å². The molecular weight excluding hydrogens is 517 g/mol. The highest BCUT2D eigenvalue weighted by Gasteiger charge is 2.43. The van der Waals surface area contributed by atoms with E-state index in [2.05, 4.69) is 4.98 Å². The number of aromatic nitrogens is 3. The summed E-state index contributed by atoms with van der Waals surface area (Å²) in [7, 11) is 0. The second-order valence-corrected chi connectivity index (χ2v) is 10.6. The van der Waals surface area contributed by atoms with Gasteiger partial charge in [0.25, 0.3) is 5.91 Å². The van der Waals surface area contributed by atoms with Gasteiger partial charge in [-0.2, -0.15) is 13.5 Å². The van der Waals surface area contributed by atoms with E-state index in [9.17, 15) is 4.79 Å². The SMILES string of the molecule is Cc1nc([C@@H](C)c2cc(Cl)c(F)c(C(=O)N3CCC4(CC3)COC4)c2OC(C)C)n2ccnc(N)c12.S. The molecule has 200 valence electrons. The van der Waals surface area contributed by atoms with E-state index in [-0.39, 0.29) is 47.3 Å². The molecule has 0 aliphatic carbocycles. The average molecular weight is 550 g/mol. The maximum absolute atomic E-state index is 15.6. The number of piperidine rings is 1. The minimum Gasteiger partial charge on any atom is -0.490 e. The summed E-state index contributed by atoms with van der Waals surface area (Å²) in [6, 6.07) is 1.54. The third kappa shape index (κ3) is 4.75. The standard InChI is InChI=1S/C26H31ClFN5O3.H2S/c1-14(2)36-22-17(15(3)24-31-16(4)21-23(29)30-7-10-33(21)24)11-18(27)20(28)19(22)25(34)32-8-5-26(6-9-32)12-35-13-26;/h7,10-11,14-15H,5-6,8-9,12-13H2,1-4H3,(H2,29,30);1H2/t15-;/m0./s1. The fourth-order valence-electron chi connectivity index (χ4n) is 5.24. The first kappa shape index (κ1) is 27.5. The van der Waals surface area contributed by atoms with Crippen LogP contribution in [0.2, 0.25) is 5.02 Å². The topological polar surface area (TPSA) is 95.0 Å². The molecular formula is C26H33ClFN5O3S. The number of rotatable bonds is 5. The predicted octanol–water partition coefficient (Wildman–Crippen LogP) is 4.72. The first-order chi connectivity index (χ1) is 17.1. The van der Waals surface area contributed by atoms with Crippen LogP contribution in [0.4, 0.5) is 10.2 Å². The van der Waals surface area contributed by atoms with Gasteiger partial charge in [0.05, 0.1) is 30.0 Å². The molecule has 4 heterocycles. The van der Waals surface area contributed by atoms with Crippen molar-refractivity contribution < 1.29 is 18.7 Å². The van der Waals surface area contributed by atoms with Gasteiger partial charge in [0.1, 0.15) is 28.5 Å². The quantitative estimate of drug-likeness (QED) is 0.495. The summed E-state index contributed by atoms with van der Waals surface area (Å²) in [5, 5.41) is -0.129. The van der Waals surface area contributed by atoms with Gasteiger partial charge in [-0.25, -0.2) is 14.4 Å². The van der Waals surface area contributed by atoms with Crippen molar-refractivity contribution in [1.29, 1.82) is 0 Å². The van der Waals surface area contributed by atoms with Crippen molar-refractivity contribution >= 4 is 42.3 Å². The number of benzene rings is 1. The molecule has 2 aromatic heterocycles. The van der Waals surface area contributed by atoms with Crippen LogP contribution in [0.15, 0.2) is 18.5 Å². The van der Waals surface area contributed by atoms with E-state index in [0.29, 0.717) is 35.8 Å². The highest BCUT2D eigenvalue weighted by atomic mass is 35.5. The van der Waals surface area contributed by atoms with Gasteiger partial charge in [0.15, 0.2) is 5.82 Å². The number of carbonyl (C=O) groups is 1. The van der Waals surface area contributed by atoms with Crippen molar-refractivity contribution in [3.63, 3.8) is 0 Å². The van der Waals surface area contributed by atoms with Gasteiger partial charge < -0.3 is 20.1 Å². The molecule has 2 aliphatic heterocycles. The van der Waals surface area contributed by atoms with Crippen LogP contribution in [0.1, 0.15) is 67.0 Å². The Bertz CT molecular complexity index is 1330. The summed E-state index contributed by atoms with van der Waals surface area (Å²) in [5.41, 5.74) is 8.14. The molecule has 0 radical (unpaired) electrons. The molecule has 2 saturated heterocycles. The smallest absolute Gasteiger partial charge is 0.260 e. The van der Waals surface area contributed by atoms with E-state index in [0.717, 1.165) is 31.7 Å². The number of likely N-dealkylation sites (tertiary alicyclic amines) is 1. The van der Waals surface area contributed by atoms with Gasteiger partial charge in [-0.15, -0.1) is 0 Å². The third-order valence-electron chi connectivity index (χ3n) is 7.33. The first-order valence-corrected chi connectivity index (χ1v) is 12.6. The number of nitrogens with zero attached hydrogens (tertiary/aromatic N) is 4. The van der Waals surface area contributed by atoms with Crippen LogP contribution < -0.4 is 10.5 Å². The maximum atomic E-state index is 15.6. The number of carbonyl (C=O) groups excluding carboxylic acids is 1. The summed E-state index contributed by atoms with van der Waals surface area (Å²) >= 11 is 6.39. The molecule has 2 aliphatic rings. The van der Waals surface area contributed by atoms with Crippen molar-refractivity contribution in [2.24, 2.45) is 5.41 Å². The highest BCUT2D eigenvalue weighted by molar-refractivity contribution is 7.59. The number of amides is 1. The van der Waals surface area contributed by atoms with Gasteiger partial charge in [0.2, 0.25) is 0 Å². The van der Waals surface area contributed by atoms with Gasteiger partial charge in [0, 0.05) is 42.4 Å². The van der Waals surface area contributed by atoms with E-state index in [1.807, 2.05) is 32.1 Å². The normalized spacial score (nSPS) is 17.5. The molecule has 5 rings (SSSR count). The van der Waals surface area contributed by atoms with Crippen LogP contribution in [-0.2, 0) is 4.74 Å². The Morgan fingerprint density at radius 1 is 1.27 bits per heavy atom. The highest BCUT2D eigenvalue weighted by Crippen LogP contribution is 2.42. The van der Waals surface area contributed by atoms with Gasteiger partial charge in [-0.1, -0.05) is 18.5 Å². The second-order valence-electron chi connectivity index (χ2n) is 10.2. The van der Waals surface area contributed by atoms with E-state index in [1.54, 1.807) is 17.3 Å². The molecule has 3 aromatic rings. The predicted molar refractivity (Wildman–Crippen MR) is 146 cm³/mol. The molecule has 1 spiro atoms. The van der Waals surface area contributed by atoms with Gasteiger partial charge in [-0.05, 0) is 39.7 Å². The lowest BCUT2D eigenvalue weighted by Crippen LogP contribution is -2.52. The van der Waals surface area contributed by atoms with Crippen molar-refractivity contribution in [3.8, 4) is 5.75 Å². The molecule has 37 heavy (non-hydrogen) atoms. The Labute approximate surface area is 227 Å². The van der Waals surface area contributed by atoms with E-state index in [4.69, 9.17) is 31.8 Å². The Morgan fingerprint density at radius 2 is 1.95 bits per heavy atom. The summed E-state index contributed by atoms with van der Waals surface area (Å²) in [5.74, 6) is -0.329. The fourth-order valence-corrected chi connectivity index (χ4v) is 5.45. The zero-order valence-electron chi connectivity index (χ0n) is 21.5. The lowest BCUT2D eigenvalue weighted by molar-refractivity contribution is -0.136. The number of imidazole rings is 1. The molecule has 1 atom stereocenters. The molecule has 1 aromatic carbocycles. The van der Waals surface area contributed by atoms with Crippen LogP contribution in [-0.4, -0.2) is 57.6 Å². The largest absolute Gasteiger partial charge is 0.490 e. The van der Waals surface area contributed by atoms with Crippen LogP contribution in [0.5, 0.6) is 5.75 Å². The molecule has 8 nitrogen and oxygen atoms in total. The van der Waals surface area contributed by atoms with Crippen molar-refractivity contribution in [2.75, 3.05) is 32.0 Å². The molecule has 0 unspecified atom stereocenters.